The highest BCUT2D eigenvalue weighted by molar-refractivity contribution is 6.08. The van der Waals surface area contributed by atoms with Crippen molar-refractivity contribution < 1.29 is 4.79 Å². The van der Waals surface area contributed by atoms with Crippen molar-refractivity contribution in [2.45, 2.75) is 32.7 Å². The number of para-hydroxylation sites is 3. The minimum absolute atomic E-state index is 0.213. The molecule has 1 amide bonds. The predicted octanol–water partition coefficient (Wildman–Crippen LogP) is 4.42. The summed E-state index contributed by atoms with van der Waals surface area (Å²) in [4.78, 5) is 27.2. The van der Waals surface area contributed by atoms with Crippen molar-refractivity contribution in [2.24, 2.45) is 0 Å². The van der Waals surface area contributed by atoms with E-state index in [1.165, 1.54) is 0 Å². The van der Waals surface area contributed by atoms with Gasteiger partial charge in [-0.05, 0) is 57.0 Å². The van der Waals surface area contributed by atoms with Gasteiger partial charge in [0.2, 0.25) is 5.95 Å². The van der Waals surface area contributed by atoms with Crippen molar-refractivity contribution in [3.8, 4) is 0 Å². The van der Waals surface area contributed by atoms with Crippen LogP contribution in [0, 0.1) is 13.8 Å². The lowest BCUT2D eigenvalue weighted by molar-refractivity contribution is 0.102. The number of hydrogen-bond acceptors (Lipinski definition) is 7. The number of anilines is 5. The van der Waals surface area contributed by atoms with E-state index < -0.39 is 0 Å². The van der Waals surface area contributed by atoms with Gasteiger partial charge >= 0.3 is 0 Å². The molecule has 0 unspecified atom stereocenters. The van der Waals surface area contributed by atoms with E-state index >= 15 is 0 Å². The second-order valence-electron chi connectivity index (χ2n) is 9.53. The van der Waals surface area contributed by atoms with Crippen LogP contribution >= 0.6 is 0 Å². The number of hydrogen-bond donors (Lipinski definition) is 3. The van der Waals surface area contributed by atoms with Gasteiger partial charge in [0.15, 0.2) is 0 Å². The Morgan fingerprint density at radius 2 is 1.69 bits per heavy atom. The van der Waals surface area contributed by atoms with Crippen LogP contribution in [0.1, 0.15) is 34.3 Å². The lowest BCUT2D eigenvalue weighted by Gasteiger charge is -2.35. The highest BCUT2D eigenvalue weighted by atomic mass is 16.1. The van der Waals surface area contributed by atoms with Crippen LogP contribution in [-0.4, -0.2) is 60.0 Å². The summed E-state index contributed by atoms with van der Waals surface area (Å²) in [7, 11) is 2.15. The van der Waals surface area contributed by atoms with Gasteiger partial charge in [-0.25, -0.2) is 4.98 Å². The first-order valence-corrected chi connectivity index (χ1v) is 12.3. The molecule has 35 heavy (non-hydrogen) atoms. The Hall–Kier alpha value is -3.65. The molecule has 1 aromatic heterocycles. The van der Waals surface area contributed by atoms with Gasteiger partial charge < -0.3 is 25.8 Å². The van der Waals surface area contributed by atoms with E-state index in [0.29, 0.717) is 23.4 Å². The maximum absolute atomic E-state index is 13.2. The van der Waals surface area contributed by atoms with E-state index in [9.17, 15) is 4.79 Å². The Morgan fingerprint density at radius 3 is 2.40 bits per heavy atom. The number of nitrogens with zero attached hydrogens (tertiary/aromatic N) is 4. The Balaban J connectivity index is 1.40. The molecule has 1 saturated heterocycles. The number of benzene rings is 2. The van der Waals surface area contributed by atoms with Gasteiger partial charge in [0.1, 0.15) is 11.4 Å². The predicted molar refractivity (Wildman–Crippen MR) is 142 cm³/mol. The molecule has 1 aliphatic heterocycles. The molecular formula is C27H33N7O. The molecule has 1 saturated carbocycles. The number of aryl methyl sites for hydroxylation is 2. The molecule has 2 fully saturated rings. The fourth-order valence-corrected chi connectivity index (χ4v) is 4.35. The Kier molecular flexibility index (Phi) is 6.55. The second kappa shape index (κ2) is 9.92. The van der Waals surface area contributed by atoms with E-state index in [-0.39, 0.29) is 5.91 Å². The third kappa shape index (κ3) is 5.38. The summed E-state index contributed by atoms with van der Waals surface area (Å²) in [6, 6.07) is 14.6. The normalized spacial score (nSPS) is 16.1. The van der Waals surface area contributed by atoms with Crippen LogP contribution in [0.5, 0.6) is 0 Å². The third-order valence-corrected chi connectivity index (χ3v) is 6.67. The molecule has 0 spiro atoms. The molecule has 1 aliphatic carbocycles. The highest BCUT2D eigenvalue weighted by Gasteiger charge is 2.25. The molecule has 2 heterocycles. The molecular weight excluding hydrogens is 438 g/mol. The summed E-state index contributed by atoms with van der Waals surface area (Å²) in [6.07, 6.45) is 3.77. The van der Waals surface area contributed by atoms with Crippen LogP contribution in [0.15, 0.2) is 48.7 Å². The molecule has 8 heteroatoms. The maximum Gasteiger partial charge on any atom is 0.261 e. The minimum Gasteiger partial charge on any atom is -0.367 e. The summed E-state index contributed by atoms with van der Waals surface area (Å²) in [5.74, 6) is 0.819. The van der Waals surface area contributed by atoms with Crippen molar-refractivity contribution in [1.29, 1.82) is 0 Å². The van der Waals surface area contributed by atoms with E-state index in [1.807, 2.05) is 44.2 Å². The zero-order chi connectivity index (χ0) is 24.4. The van der Waals surface area contributed by atoms with Crippen molar-refractivity contribution in [3.05, 3.63) is 65.4 Å². The maximum atomic E-state index is 13.2. The number of likely N-dealkylation sites (N-methyl/N-ethyl adjacent to an activating group) is 1. The Labute approximate surface area is 206 Å². The number of amides is 1. The monoisotopic (exact) mass is 471 g/mol. The van der Waals surface area contributed by atoms with Gasteiger partial charge in [-0.15, -0.1) is 0 Å². The first kappa shape index (κ1) is 23.1. The summed E-state index contributed by atoms with van der Waals surface area (Å²) in [6.45, 7) is 8.00. The number of piperazine rings is 1. The number of rotatable bonds is 7. The molecule has 5 rings (SSSR count). The van der Waals surface area contributed by atoms with Crippen LogP contribution in [0.25, 0.3) is 0 Å². The van der Waals surface area contributed by atoms with Crippen LogP contribution in [-0.2, 0) is 0 Å². The molecule has 0 atom stereocenters. The van der Waals surface area contributed by atoms with Crippen molar-refractivity contribution in [2.75, 3.05) is 54.1 Å². The molecule has 0 bridgehead atoms. The van der Waals surface area contributed by atoms with Crippen molar-refractivity contribution >= 4 is 34.7 Å². The van der Waals surface area contributed by atoms with Gasteiger partial charge in [-0.3, -0.25) is 4.79 Å². The molecule has 182 valence electrons. The summed E-state index contributed by atoms with van der Waals surface area (Å²) in [5, 5.41) is 9.89. The summed E-state index contributed by atoms with van der Waals surface area (Å²) >= 11 is 0. The second-order valence-corrected chi connectivity index (χ2v) is 9.53. The first-order valence-electron chi connectivity index (χ1n) is 12.3. The zero-order valence-corrected chi connectivity index (χ0v) is 20.6. The average Bonchev–Trinajstić information content (AvgIpc) is 3.67. The summed E-state index contributed by atoms with van der Waals surface area (Å²) in [5.41, 5.74) is 5.42. The van der Waals surface area contributed by atoms with Gasteiger partial charge in [0, 0.05) is 44.1 Å². The quantitative estimate of drug-likeness (QED) is 0.470. The lowest BCUT2D eigenvalue weighted by Crippen LogP contribution is -2.44. The van der Waals surface area contributed by atoms with E-state index in [4.69, 9.17) is 4.98 Å². The van der Waals surface area contributed by atoms with Gasteiger partial charge in [0.05, 0.1) is 11.4 Å². The van der Waals surface area contributed by atoms with E-state index in [1.54, 1.807) is 6.20 Å². The van der Waals surface area contributed by atoms with E-state index in [0.717, 1.165) is 67.2 Å². The minimum atomic E-state index is -0.213. The van der Waals surface area contributed by atoms with Crippen LogP contribution < -0.4 is 20.9 Å². The largest absolute Gasteiger partial charge is 0.367 e. The zero-order valence-electron chi connectivity index (χ0n) is 20.6. The van der Waals surface area contributed by atoms with Gasteiger partial charge in [0.25, 0.3) is 5.91 Å². The molecule has 8 nitrogen and oxygen atoms in total. The average molecular weight is 472 g/mol. The highest BCUT2D eigenvalue weighted by Crippen LogP contribution is 2.31. The molecule has 0 radical (unpaired) electrons. The third-order valence-electron chi connectivity index (χ3n) is 6.67. The number of carbonyl (C=O) groups excluding carboxylic acids is 1. The van der Waals surface area contributed by atoms with E-state index in [2.05, 4.69) is 49.9 Å². The SMILES string of the molecule is Cc1cccc(C)c1NC(=O)c1cnc(Nc2ccccc2N2CCN(C)CC2)nc1NC1CC1. The number of carbonyl (C=O) groups is 1. The molecule has 3 aromatic rings. The summed E-state index contributed by atoms with van der Waals surface area (Å²) < 4.78 is 0. The Morgan fingerprint density at radius 1 is 0.971 bits per heavy atom. The Bertz CT molecular complexity index is 1200. The molecule has 2 aliphatic rings. The topological polar surface area (TPSA) is 85.4 Å². The fourth-order valence-electron chi connectivity index (χ4n) is 4.35. The van der Waals surface area contributed by atoms with Gasteiger partial charge in [-0.2, -0.15) is 4.98 Å². The smallest absolute Gasteiger partial charge is 0.261 e. The van der Waals surface area contributed by atoms with Crippen molar-refractivity contribution in [1.82, 2.24) is 14.9 Å². The molecule has 2 aromatic carbocycles. The standard InChI is InChI=1S/C27H33N7O/c1-18-7-6-8-19(2)24(18)31-26(35)21-17-28-27(32-25(21)29-20-11-12-20)30-22-9-4-5-10-23(22)34-15-13-33(3)14-16-34/h4-10,17,20H,11-16H2,1-3H3,(H,31,35)(H2,28,29,30,32). The molecule has 3 N–H and O–H groups in total. The van der Waals surface area contributed by atoms with Crippen LogP contribution in [0.4, 0.5) is 28.8 Å². The fraction of sp³-hybridized carbons (Fsp3) is 0.370. The number of aromatic nitrogens is 2. The van der Waals surface area contributed by atoms with Crippen LogP contribution in [0.2, 0.25) is 0 Å². The first-order chi connectivity index (χ1) is 17.0. The van der Waals surface area contributed by atoms with Crippen LogP contribution in [0.3, 0.4) is 0 Å². The lowest BCUT2D eigenvalue weighted by atomic mass is 10.1. The van der Waals surface area contributed by atoms with Crippen molar-refractivity contribution in [3.63, 3.8) is 0 Å². The number of nitrogens with one attached hydrogen (secondary N) is 3. The van der Waals surface area contributed by atoms with Gasteiger partial charge in [-0.1, -0.05) is 30.3 Å².